The highest BCUT2D eigenvalue weighted by Crippen LogP contribution is 2.29. The fourth-order valence-corrected chi connectivity index (χ4v) is 5.39. The van der Waals surface area contributed by atoms with Crippen LogP contribution in [0.5, 0.6) is 5.75 Å². The van der Waals surface area contributed by atoms with E-state index in [0.29, 0.717) is 38.8 Å². The predicted molar refractivity (Wildman–Crippen MR) is 164 cm³/mol. The number of pyridine rings is 1. The van der Waals surface area contributed by atoms with E-state index in [1.807, 2.05) is 24.3 Å². The molecule has 1 N–H and O–H groups in total. The summed E-state index contributed by atoms with van der Waals surface area (Å²) in [6.07, 6.45) is 5.33. The van der Waals surface area contributed by atoms with Crippen molar-refractivity contribution in [2.75, 3.05) is 32.1 Å². The Labute approximate surface area is 249 Å². The molecule has 2 aromatic carbocycles. The van der Waals surface area contributed by atoms with E-state index >= 15 is 0 Å². The maximum absolute atomic E-state index is 13.5. The Hall–Kier alpha value is -3.61. The van der Waals surface area contributed by atoms with Crippen LogP contribution in [0.15, 0.2) is 59.7 Å². The first-order valence-corrected chi connectivity index (χ1v) is 14.2. The molecule has 41 heavy (non-hydrogen) atoms. The van der Waals surface area contributed by atoms with Crippen molar-refractivity contribution in [3.05, 3.63) is 80.8 Å². The molecule has 0 saturated carbocycles. The van der Waals surface area contributed by atoms with Crippen LogP contribution in [0.4, 0.5) is 11.6 Å². The van der Waals surface area contributed by atoms with E-state index in [1.54, 1.807) is 31.5 Å². The van der Waals surface area contributed by atoms with Crippen molar-refractivity contribution in [2.45, 2.75) is 38.8 Å². The zero-order chi connectivity index (χ0) is 28.9. The van der Waals surface area contributed by atoms with Gasteiger partial charge < -0.3 is 19.7 Å². The summed E-state index contributed by atoms with van der Waals surface area (Å²) in [7, 11) is 1.56. The second-order valence-corrected chi connectivity index (χ2v) is 10.9. The summed E-state index contributed by atoms with van der Waals surface area (Å²) in [6, 6.07) is 13.3. The van der Waals surface area contributed by atoms with Crippen LogP contribution in [0, 0.1) is 11.8 Å². The molecule has 0 atom stereocenters. The molecule has 8 nitrogen and oxygen atoms in total. The van der Waals surface area contributed by atoms with E-state index < -0.39 is 0 Å². The lowest BCUT2D eigenvalue weighted by Crippen LogP contribution is -2.41. The minimum Gasteiger partial charge on any atom is -0.490 e. The first-order chi connectivity index (χ1) is 19.8. The number of anilines is 2. The number of halogens is 2. The molecule has 4 aromatic rings. The number of ether oxygens (including phenoxy) is 2. The molecule has 0 spiro atoms. The molecule has 0 radical (unpaired) electrons. The van der Waals surface area contributed by atoms with Gasteiger partial charge in [0, 0.05) is 44.3 Å². The van der Waals surface area contributed by atoms with Crippen molar-refractivity contribution in [2.24, 2.45) is 0 Å². The molecule has 0 amide bonds. The highest BCUT2D eigenvalue weighted by atomic mass is 35.5. The van der Waals surface area contributed by atoms with Crippen LogP contribution in [0.2, 0.25) is 10.0 Å². The van der Waals surface area contributed by atoms with Crippen LogP contribution < -0.4 is 15.6 Å². The summed E-state index contributed by atoms with van der Waals surface area (Å²) in [6.45, 7) is 6.78. The highest BCUT2D eigenvalue weighted by molar-refractivity contribution is 6.37. The average Bonchev–Trinajstić information content (AvgIpc) is 2.96. The topological polar surface area (TPSA) is 81.5 Å². The normalized spacial score (nSPS) is 14.2. The lowest BCUT2D eigenvalue weighted by Gasteiger charge is -2.34. The second kappa shape index (κ2) is 12.9. The van der Waals surface area contributed by atoms with E-state index in [1.165, 1.54) is 10.8 Å². The number of nitrogens with one attached hydrogen (secondary N) is 1. The van der Waals surface area contributed by atoms with Gasteiger partial charge in [0.2, 0.25) is 5.95 Å². The summed E-state index contributed by atoms with van der Waals surface area (Å²) in [5.74, 6) is 7.14. The van der Waals surface area contributed by atoms with Crippen LogP contribution in [0.1, 0.15) is 32.3 Å². The number of fused-ring (bicyclic) bond motifs is 1. The molecule has 1 fully saturated rings. The van der Waals surface area contributed by atoms with Gasteiger partial charge in [-0.1, -0.05) is 41.1 Å². The third kappa shape index (κ3) is 6.66. The lowest BCUT2D eigenvalue weighted by molar-refractivity contribution is 0.0843. The molecule has 3 heterocycles. The first-order valence-electron chi connectivity index (χ1n) is 13.5. The number of rotatable bonds is 7. The van der Waals surface area contributed by atoms with E-state index in [4.69, 9.17) is 32.7 Å². The van der Waals surface area contributed by atoms with Crippen LogP contribution in [-0.4, -0.2) is 58.4 Å². The Balaban J connectivity index is 1.40. The molecule has 0 aliphatic carbocycles. The molecule has 0 bridgehead atoms. The summed E-state index contributed by atoms with van der Waals surface area (Å²) in [5, 5.41) is 4.17. The average molecular weight is 593 g/mol. The maximum atomic E-state index is 13.5. The summed E-state index contributed by atoms with van der Waals surface area (Å²) in [4.78, 5) is 25.0. The fraction of sp³-hybridized carbons (Fsp3) is 0.323. The minimum absolute atomic E-state index is 0.217. The number of benzene rings is 2. The first kappa shape index (κ1) is 28.9. The van der Waals surface area contributed by atoms with E-state index in [-0.39, 0.29) is 23.7 Å². The van der Waals surface area contributed by atoms with Crippen molar-refractivity contribution < 1.29 is 9.47 Å². The quantitative estimate of drug-likeness (QED) is 0.261. The number of likely N-dealkylation sites (tertiary alicyclic amines) is 1. The smallest absolute Gasteiger partial charge is 0.266 e. The van der Waals surface area contributed by atoms with Crippen LogP contribution in [-0.2, 0) is 4.74 Å². The van der Waals surface area contributed by atoms with Gasteiger partial charge in [-0.2, -0.15) is 0 Å². The van der Waals surface area contributed by atoms with Gasteiger partial charge in [-0.3, -0.25) is 9.36 Å². The Morgan fingerprint density at radius 1 is 1.10 bits per heavy atom. The third-order valence-corrected chi connectivity index (χ3v) is 7.60. The number of hydrogen-bond acceptors (Lipinski definition) is 7. The minimum atomic E-state index is -0.362. The van der Waals surface area contributed by atoms with Gasteiger partial charge in [0.1, 0.15) is 18.5 Å². The number of nitrogens with zero attached hydrogens (tertiary/aromatic N) is 4. The van der Waals surface area contributed by atoms with Crippen molar-refractivity contribution >= 4 is 45.7 Å². The van der Waals surface area contributed by atoms with Crippen LogP contribution in [0.3, 0.4) is 0 Å². The Bertz CT molecular complexity index is 1630. The van der Waals surface area contributed by atoms with Crippen LogP contribution in [0.25, 0.3) is 16.6 Å². The van der Waals surface area contributed by atoms with Gasteiger partial charge in [-0.05, 0) is 63.1 Å². The molecule has 1 aliphatic rings. The molecule has 10 heteroatoms. The van der Waals surface area contributed by atoms with E-state index in [2.05, 4.69) is 45.9 Å². The Morgan fingerprint density at radius 2 is 1.80 bits per heavy atom. The van der Waals surface area contributed by atoms with E-state index in [9.17, 15) is 4.79 Å². The molecule has 212 valence electrons. The zero-order valence-electron chi connectivity index (χ0n) is 23.2. The summed E-state index contributed by atoms with van der Waals surface area (Å²) < 4.78 is 12.7. The largest absolute Gasteiger partial charge is 0.490 e. The molecule has 1 aliphatic heterocycles. The number of hydrogen-bond donors (Lipinski definition) is 1. The molecule has 0 unspecified atom stereocenters. The Morgan fingerprint density at radius 3 is 2.46 bits per heavy atom. The van der Waals surface area contributed by atoms with Crippen molar-refractivity contribution in [1.82, 2.24) is 19.4 Å². The number of para-hydroxylation sites is 1. The zero-order valence-corrected chi connectivity index (χ0v) is 24.7. The monoisotopic (exact) mass is 591 g/mol. The lowest BCUT2D eigenvalue weighted by atomic mass is 10.1. The molecular formula is C31H31Cl2N5O3. The summed E-state index contributed by atoms with van der Waals surface area (Å²) >= 11 is 12.8. The van der Waals surface area contributed by atoms with Gasteiger partial charge >= 0.3 is 0 Å². The molecule has 1 saturated heterocycles. The maximum Gasteiger partial charge on any atom is 0.266 e. The van der Waals surface area contributed by atoms with E-state index in [0.717, 1.165) is 37.4 Å². The van der Waals surface area contributed by atoms with Crippen molar-refractivity contribution in [3.8, 4) is 23.3 Å². The van der Waals surface area contributed by atoms with Gasteiger partial charge in [0.25, 0.3) is 5.56 Å². The molecule has 2 aromatic heterocycles. The number of methoxy groups -OCH3 is 1. The standard InChI is InChI=1S/C31H31Cl2N5O3/c1-20(2)37-15-13-24(14-16-37)41-23-11-9-22(10-12-23)35-31-34-18-25-28(36-31)21(6-5-17-40-3)19-38(30(25)39)29-26(32)7-4-8-27(29)33/h4,7-12,18-20,24H,13-17H2,1-3H3,(H,34,35,36). The van der Waals surface area contributed by atoms with Gasteiger partial charge in [0.15, 0.2) is 0 Å². The fourth-order valence-electron chi connectivity index (χ4n) is 4.81. The predicted octanol–water partition coefficient (Wildman–Crippen LogP) is 6.08. The summed E-state index contributed by atoms with van der Waals surface area (Å²) in [5.41, 5.74) is 1.70. The second-order valence-electron chi connectivity index (χ2n) is 10.1. The third-order valence-electron chi connectivity index (χ3n) is 6.99. The highest BCUT2D eigenvalue weighted by Gasteiger charge is 2.22. The van der Waals surface area contributed by atoms with Crippen molar-refractivity contribution in [3.63, 3.8) is 0 Å². The van der Waals surface area contributed by atoms with Gasteiger partial charge in [-0.15, -0.1) is 0 Å². The molecular weight excluding hydrogens is 561 g/mol. The number of piperidine rings is 1. The Kier molecular flexibility index (Phi) is 9.11. The van der Waals surface area contributed by atoms with Crippen LogP contribution >= 0.6 is 23.2 Å². The molecule has 5 rings (SSSR count). The SMILES string of the molecule is COCC#Cc1cn(-c2c(Cl)cccc2Cl)c(=O)c2cnc(Nc3ccc(OC4CCN(C(C)C)CC4)cc3)nc12. The van der Waals surface area contributed by atoms with Gasteiger partial charge in [0.05, 0.1) is 32.2 Å². The number of aromatic nitrogens is 3. The van der Waals surface area contributed by atoms with Gasteiger partial charge in [-0.25, -0.2) is 9.97 Å². The van der Waals surface area contributed by atoms with Crippen molar-refractivity contribution in [1.29, 1.82) is 0 Å².